The summed E-state index contributed by atoms with van der Waals surface area (Å²) in [4.78, 5) is 7.70. The number of aromatic amines is 1. The maximum atomic E-state index is 6.22. The fraction of sp³-hybridized carbons (Fsp3) is 0.417. The van der Waals surface area contributed by atoms with Gasteiger partial charge in [0.25, 0.3) is 0 Å². The van der Waals surface area contributed by atoms with Crippen molar-refractivity contribution < 1.29 is 0 Å². The van der Waals surface area contributed by atoms with Gasteiger partial charge < -0.3 is 10.7 Å². The molecular formula is C12H17N3S. The zero-order valence-electron chi connectivity index (χ0n) is 9.66. The summed E-state index contributed by atoms with van der Waals surface area (Å²) in [7, 11) is 0. The van der Waals surface area contributed by atoms with Crippen molar-refractivity contribution in [1.82, 2.24) is 9.97 Å². The van der Waals surface area contributed by atoms with Crippen LogP contribution in [-0.4, -0.2) is 9.97 Å². The maximum absolute atomic E-state index is 6.22. The van der Waals surface area contributed by atoms with Gasteiger partial charge in [-0.2, -0.15) is 11.3 Å². The summed E-state index contributed by atoms with van der Waals surface area (Å²) >= 11 is 1.68. The van der Waals surface area contributed by atoms with Crippen molar-refractivity contribution in [2.45, 2.75) is 32.2 Å². The molecule has 1 atom stereocenters. The highest BCUT2D eigenvalue weighted by Gasteiger charge is 2.23. The SMILES string of the molecule is CCCC(C)(N)c1ncc(-c2ccsc2)[nH]1. The molecule has 2 heterocycles. The topological polar surface area (TPSA) is 54.7 Å². The Morgan fingerprint density at radius 1 is 1.56 bits per heavy atom. The molecule has 86 valence electrons. The molecule has 3 N–H and O–H groups in total. The van der Waals surface area contributed by atoms with E-state index in [4.69, 9.17) is 5.73 Å². The molecule has 0 spiro atoms. The third kappa shape index (κ3) is 2.18. The lowest BCUT2D eigenvalue weighted by Crippen LogP contribution is -2.34. The molecule has 0 aliphatic carbocycles. The van der Waals surface area contributed by atoms with Crippen LogP contribution in [0.15, 0.2) is 23.0 Å². The predicted molar refractivity (Wildman–Crippen MR) is 68.3 cm³/mol. The third-order valence-corrected chi connectivity index (χ3v) is 3.40. The lowest BCUT2D eigenvalue weighted by atomic mass is 9.97. The number of nitrogens with zero attached hydrogens (tertiary/aromatic N) is 1. The zero-order valence-corrected chi connectivity index (χ0v) is 10.5. The second kappa shape index (κ2) is 4.39. The number of nitrogens with two attached hydrogens (primary N) is 1. The number of aromatic nitrogens is 2. The van der Waals surface area contributed by atoms with Gasteiger partial charge in [-0.05, 0) is 24.8 Å². The van der Waals surface area contributed by atoms with Crippen molar-refractivity contribution in [2.75, 3.05) is 0 Å². The Morgan fingerprint density at radius 2 is 2.38 bits per heavy atom. The van der Waals surface area contributed by atoms with Crippen molar-refractivity contribution in [1.29, 1.82) is 0 Å². The second-order valence-electron chi connectivity index (χ2n) is 4.32. The standard InChI is InChI=1S/C12H17N3S/c1-3-5-12(2,13)11-14-7-10(15-11)9-4-6-16-8-9/h4,6-8H,3,5,13H2,1-2H3,(H,14,15). The fourth-order valence-electron chi connectivity index (χ4n) is 1.81. The van der Waals surface area contributed by atoms with E-state index < -0.39 is 0 Å². The lowest BCUT2D eigenvalue weighted by molar-refractivity contribution is 0.423. The van der Waals surface area contributed by atoms with Crippen LogP contribution in [0.2, 0.25) is 0 Å². The van der Waals surface area contributed by atoms with Gasteiger partial charge in [-0.25, -0.2) is 4.98 Å². The van der Waals surface area contributed by atoms with Crippen molar-refractivity contribution in [3.05, 3.63) is 28.8 Å². The number of nitrogens with one attached hydrogen (secondary N) is 1. The molecule has 0 saturated carbocycles. The van der Waals surface area contributed by atoms with E-state index in [1.54, 1.807) is 11.3 Å². The Hall–Kier alpha value is -1.13. The van der Waals surface area contributed by atoms with Gasteiger partial charge in [0.15, 0.2) is 0 Å². The van der Waals surface area contributed by atoms with Crippen LogP contribution in [0.25, 0.3) is 11.3 Å². The number of hydrogen-bond donors (Lipinski definition) is 2. The first-order chi connectivity index (χ1) is 7.63. The van der Waals surface area contributed by atoms with Gasteiger partial charge in [0.1, 0.15) is 5.82 Å². The van der Waals surface area contributed by atoms with Gasteiger partial charge in [0.05, 0.1) is 17.4 Å². The van der Waals surface area contributed by atoms with Crippen LogP contribution in [0, 0.1) is 0 Å². The molecule has 3 nitrogen and oxygen atoms in total. The molecular weight excluding hydrogens is 218 g/mol. The highest BCUT2D eigenvalue weighted by molar-refractivity contribution is 7.08. The van der Waals surface area contributed by atoms with Gasteiger partial charge in [0.2, 0.25) is 0 Å². The maximum Gasteiger partial charge on any atom is 0.126 e. The largest absolute Gasteiger partial charge is 0.340 e. The van der Waals surface area contributed by atoms with Crippen molar-refractivity contribution in [3.63, 3.8) is 0 Å². The third-order valence-electron chi connectivity index (χ3n) is 2.72. The molecule has 2 aromatic heterocycles. The summed E-state index contributed by atoms with van der Waals surface area (Å²) < 4.78 is 0. The van der Waals surface area contributed by atoms with Crippen LogP contribution in [0.1, 0.15) is 32.5 Å². The van der Waals surface area contributed by atoms with Crippen LogP contribution in [-0.2, 0) is 5.54 Å². The number of thiophene rings is 1. The summed E-state index contributed by atoms with van der Waals surface area (Å²) in [5.74, 6) is 0.871. The van der Waals surface area contributed by atoms with Gasteiger partial charge in [0, 0.05) is 10.9 Å². The molecule has 0 fully saturated rings. The molecule has 4 heteroatoms. The number of hydrogen-bond acceptors (Lipinski definition) is 3. The minimum atomic E-state index is -0.358. The molecule has 2 aromatic rings. The summed E-state index contributed by atoms with van der Waals surface area (Å²) in [6.07, 6.45) is 3.85. The average Bonchev–Trinajstić information content (AvgIpc) is 2.89. The monoisotopic (exact) mass is 235 g/mol. The van der Waals surface area contributed by atoms with Crippen LogP contribution < -0.4 is 5.73 Å². The molecule has 0 radical (unpaired) electrons. The molecule has 16 heavy (non-hydrogen) atoms. The molecule has 0 aliphatic heterocycles. The van der Waals surface area contributed by atoms with Crippen LogP contribution >= 0.6 is 11.3 Å². The van der Waals surface area contributed by atoms with Gasteiger partial charge >= 0.3 is 0 Å². The quantitative estimate of drug-likeness (QED) is 0.855. The normalized spacial score (nSPS) is 14.9. The summed E-state index contributed by atoms with van der Waals surface area (Å²) in [6.45, 7) is 4.15. The summed E-state index contributed by atoms with van der Waals surface area (Å²) in [5, 5.41) is 4.16. The van der Waals surface area contributed by atoms with E-state index in [1.165, 1.54) is 5.56 Å². The minimum absolute atomic E-state index is 0.358. The average molecular weight is 235 g/mol. The first kappa shape index (κ1) is 11.4. The Balaban J connectivity index is 2.26. The highest BCUT2D eigenvalue weighted by atomic mass is 32.1. The molecule has 0 amide bonds. The Kier molecular flexibility index (Phi) is 3.12. The van der Waals surface area contributed by atoms with E-state index >= 15 is 0 Å². The molecule has 0 saturated heterocycles. The Morgan fingerprint density at radius 3 is 3.00 bits per heavy atom. The van der Waals surface area contributed by atoms with E-state index in [0.717, 1.165) is 24.4 Å². The minimum Gasteiger partial charge on any atom is -0.340 e. The highest BCUT2D eigenvalue weighted by Crippen LogP contribution is 2.25. The first-order valence-electron chi connectivity index (χ1n) is 5.50. The fourth-order valence-corrected chi connectivity index (χ4v) is 2.47. The molecule has 0 aromatic carbocycles. The van der Waals surface area contributed by atoms with Crippen LogP contribution in [0.5, 0.6) is 0 Å². The summed E-state index contributed by atoms with van der Waals surface area (Å²) in [6, 6.07) is 2.08. The van der Waals surface area contributed by atoms with Crippen molar-refractivity contribution in [3.8, 4) is 11.3 Å². The van der Waals surface area contributed by atoms with E-state index in [1.807, 2.05) is 13.1 Å². The molecule has 0 bridgehead atoms. The van der Waals surface area contributed by atoms with Gasteiger partial charge in [-0.15, -0.1) is 0 Å². The van der Waals surface area contributed by atoms with E-state index in [-0.39, 0.29) is 5.54 Å². The Labute approximate surface area is 99.7 Å². The molecule has 2 rings (SSSR count). The van der Waals surface area contributed by atoms with Crippen LogP contribution in [0.3, 0.4) is 0 Å². The molecule has 0 aliphatic rings. The van der Waals surface area contributed by atoms with Crippen molar-refractivity contribution in [2.24, 2.45) is 5.73 Å². The molecule has 1 unspecified atom stereocenters. The lowest BCUT2D eigenvalue weighted by Gasteiger charge is -2.20. The zero-order chi connectivity index (χ0) is 11.6. The van der Waals surface area contributed by atoms with E-state index in [0.29, 0.717) is 0 Å². The predicted octanol–water partition coefficient (Wildman–Crippen LogP) is 3.11. The van der Waals surface area contributed by atoms with E-state index in [2.05, 4.69) is 33.7 Å². The first-order valence-corrected chi connectivity index (χ1v) is 6.44. The number of rotatable bonds is 4. The number of imidazole rings is 1. The Bertz CT molecular complexity index is 443. The van der Waals surface area contributed by atoms with E-state index in [9.17, 15) is 0 Å². The van der Waals surface area contributed by atoms with Crippen molar-refractivity contribution >= 4 is 11.3 Å². The van der Waals surface area contributed by atoms with Gasteiger partial charge in [-0.3, -0.25) is 0 Å². The smallest absolute Gasteiger partial charge is 0.126 e. The second-order valence-corrected chi connectivity index (χ2v) is 5.11. The van der Waals surface area contributed by atoms with Crippen LogP contribution in [0.4, 0.5) is 0 Å². The van der Waals surface area contributed by atoms with Gasteiger partial charge in [-0.1, -0.05) is 13.3 Å². The number of H-pyrrole nitrogens is 1. The summed E-state index contributed by atoms with van der Waals surface area (Å²) in [5.41, 5.74) is 8.09.